The van der Waals surface area contributed by atoms with Gasteiger partial charge in [0, 0.05) is 22.2 Å². The molecular weight excluding hydrogens is 265 g/mol. The minimum atomic E-state index is -0.441. The van der Waals surface area contributed by atoms with Crippen molar-refractivity contribution in [2.24, 2.45) is 0 Å². The maximum Gasteiger partial charge on any atom is 0.256 e. The van der Waals surface area contributed by atoms with E-state index in [0.717, 1.165) is 0 Å². The average molecular weight is 273 g/mol. The summed E-state index contributed by atoms with van der Waals surface area (Å²) in [5.41, 5.74) is 1.67. The molecule has 1 aromatic heterocycles. The third-order valence-corrected chi connectivity index (χ3v) is 3.53. The molecule has 2 aromatic rings. The first-order valence-corrected chi connectivity index (χ1v) is 6.49. The van der Waals surface area contributed by atoms with Gasteiger partial charge in [0.1, 0.15) is 5.82 Å². The molecule has 0 aliphatic carbocycles. The summed E-state index contributed by atoms with van der Waals surface area (Å²) in [5.74, 6) is -1.09. The molecule has 2 heterocycles. The molecule has 1 aliphatic heterocycles. The summed E-state index contributed by atoms with van der Waals surface area (Å²) in [4.78, 5) is 23.8. The van der Waals surface area contributed by atoms with Crippen molar-refractivity contribution in [2.75, 3.05) is 5.32 Å². The lowest BCUT2D eigenvalue weighted by Gasteiger charge is -1.97. The third kappa shape index (κ3) is 2.08. The van der Waals surface area contributed by atoms with Gasteiger partial charge in [0.2, 0.25) is 0 Å². The Morgan fingerprint density at radius 1 is 1.32 bits per heavy atom. The fourth-order valence-electron chi connectivity index (χ4n) is 1.92. The normalized spacial score (nSPS) is 15.4. The number of anilines is 1. The molecule has 0 saturated carbocycles. The molecule has 0 radical (unpaired) electrons. The van der Waals surface area contributed by atoms with Crippen molar-refractivity contribution in [1.29, 1.82) is 0 Å². The number of carbonyl (C=O) groups is 2. The molecule has 94 valence electrons. The van der Waals surface area contributed by atoms with Crippen LogP contribution >= 0.6 is 11.3 Å². The first kappa shape index (κ1) is 11.8. The summed E-state index contributed by atoms with van der Waals surface area (Å²) in [6, 6.07) is 5.69. The molecule has 1 aromatic carbocycles. The summed E-state index contributed by atoms with van der Waals surface area (Å²) in [6.07, 6.45) is 1.25. The van der Waals surface area contributed by atoms with Gasteiger partial charge in [-0.1, -0.05) is 0 Å². The molecule has 3 nitrogen and oxygen atoms in total. The van der Waals surface area contributed by atoms with E-state index in [1.165, 1.54) is 35.6 Å². The van der Waals surface area contributed by atoms with Gasteiger partial charge in [-0.3, -0.25) is 9.59 Å². The molecular formula is C14H8FNO2S. The molecule has 0 saturated heterocycles. The topological polar surface area (TPSA) is 46.2 Å². The molecule has 19 heavy (non-hydrogen) atoms. The van der Waals surface area contributed by atoms with Crippen molar-refractivity contribution in [1.82, 2.24) is 0 Å². The van der Waals surface area contributed by atoms with Crippen LogP contribution in [0.4, 0.5) is 10.1 Å². The van der Waals surface area contributed by atoms with Crippen LogP contribution in [0.5, 0.6) is 0 Å². The minimum Gasteiger partial charge on any atom is -0.321 e. The number of allylic oxidation sites excluding steroid dienone is 1. The van der Waals surface area contributed by atoms with E-state index in [1.54, 1.807) is 16.8 Å². The Bertz CT molecular complexity index is 704. The summed E-state index contributed by atoms with van der Waals surface area (Å²) in [5, 5.41) is 6.09. The molecule has 0 spiro atoms. The van der Waals surface area contributed by atoms with Crippen molar-refractivity contribution >= 4 is 34.3 Å². The van der Waals surface area contributed by atoms with Crippen LogP contribution in [0.1, 0.15) is 15.9 Å². The number of hydrogen-bond donors (Lipinski definition) is 1. The Kier molecular flexibility index (Phi) is 2.76. The van der Waals surface area contributed by atoms with Crippen LogP contribution in [0.15, 0.2) is 41.1 Å². The lowest BCUT2D eigenvalue weighted by molar-refractivity contribution is -0.110. The van der Waals surface area contributed by atoms with Crippen LogP contribution in [0.25, 0.3) is 5.57 Å². The maximum atomic E-state index is 13.2. The first-order chi connectivity index (χ1) is 9.15. The van der Waals surface area contributed by atoms with Gasteiger partial charge in [0.05, 0.1) is 5.57 Å². The summed E-state index contributed by atoms with van der Waals surface area (Å²) in [6.45, 7) is 0. The number of fused-ring (bicyclic) bond motifs is 1. The predicted octanol–water partition coefficient (Wildman–Crippen LogP) is 3.11. The number of benzene rings is 1. The van der Waals surface area contributed by atoms with Gasteiger partial charge >= 0.3 is 0 Å². The second-order valence-electron chi connectivity index (χ2n) is 4.08. The fourth-order valence-corrected chi connectivity index (χ4v) is 2.57. The van der Waals surface area contributed by atoms with Crippen LogP contribution in [-0.4, -0.2) is 11.7 Å². The standard InChI is InChI=1S/C14H8FNO2S/c15-9-1-2-12-10(5-9)11(14(18)16-12)6-13(17)8-3-4-19-7-8/h1-7H,(H,16,18). The van der Waals surface area contributed by atoms with Crippen molar-refractivity contribution in [3.8, 4) is 0 Å². The van der Waals surface area contributed by atoms with Gasteiger partial charge in [-0.15, -0.1) is 0 Å². The second kappa shape index (κ2) is 4.44. The van der Waals surface area contributed by atoms with E-state index < -0.39 is 5.82 Å². The number of nitrogens with one attached hydrogen (secondary N) is 1. The van der Waals surface area contributed by atoms with E-state index in [2.05, 4.69) is 5.32 Å². The zero-order chi connectivity index (χ0) is 13.4. The predicted molar refractivity (Wildman–Crippen MR) is 71.7 cm³/mol. The summed E-state index contributed by atoms with van der Waals surface area (Å²) in [7, 11) is 0. The van der Waals surface area contributed by atoms with Crippen LogP contribution in [0, 0.1) is 5.82 Å². The van der Waals surface area contributed by atoms with Crippen LogP contribution < -0.4 is 5.32 Å². The third-order valence-electron chi connectivity index (χ3n) is 2.85. The molecule has 5 heteroatoms. The zero-order valence-electron chi connectivity index (χ0n) is 9.64. The number of ketones is 1. The first-order valence-electron chi connectivity index (χ1n) is 5.54. The van der Waals surface area contributed by atoms with E-state index in [0.29, 0.717) is 16.8 Å². The molecule has 0 atom stereocenters. The summed E-state index contributed by atoms with van der Waals surface area (Å²) >= 11 is 1.40. The Hall–Kier alpha value is -2.27. The molecule has 0 unspecified atom stereocenters. The maximum absolute atomic E-state index is 13.2. The van der Waals surface area contributed by atoms with Gasteiger partial charge in [0.15, 0.2) is 5.78 Å². The molecule has 1 aliphatic rings. The van der Waals surface area contributed by atoms with Gasteiger partial charge in [-0.05, 0) is 35.7 Å². The van der Waals surface area contributed by atoms with E-state index in [4.69, 9.17) is 0 Å². The number of amides is 1. The van der Waals surface area contributed by atoms with Crippen LogP contribution in [0.2, 0.25) is 0 Å². The van der Waals surface area contributed by atoms with E-state index in [9.17, 15) is 14.0 Å². The van der Waals surface area contributed by atoms with Gasteiger partial charge < -0.3 is 5.32 Å². The highest BCUT2D eigenvalue weighted by molar-refractivity contribution is 7.08. The Labute approximate surface area is 112 Å². The lowest BCUT2D eigenvalue weighted by Crippen LogP contribution is -2.05. The number of carbonyl (C=O) groups excluding carboxylic acids is 2. The van der Waals surface area contributed by atoms with Crippen LogP contribution in [-0.2, 0) is 4.79 Å². The SMILES string of the molecule is O=C1Nc2ccc(F)cc2C1=CC(=O)c1ccsc1. The van der Waals surface area contributed by atoms with E-state index >= 15 is 0 Å². The highest BCUT2D eigenvalue weighted by Gasteiger charge is 2.25. The van der Waals surface area contributed by atoms with Crippen molar-refractivity contribution < 1.29 is 14.0 Å². The van der Waals surface area contributed by atoms with Crippen LogP contribution in [0.3, 0.4) is 0 Å². The zero-order valence-corrected chi connectivity index (χ0v) is 10.5. The van der Waals surface area contributed by atoms with Crippen molar-refractivity contribution in [3.05, 3.63) is 58.0 Å². The monoisotopic (exact) mass is 273 g/mol. The highest BCUT2D eigenvalue weighted by atomic mass is 32.1. The average Bonchev–Trinajstić information content (AvgIpc) is 2.99. The van der Waals surface area contributed by atoms with E-state index in [-0.39, 0.29) is 17.3 Å². The largest absolute Gasteiger partial charge is 0.321 e. The fraction of sp³-hybridized carbons (Fsp3) is 0. The Morgan fingerprint density at radius 2 is 2.16 bits per heavy atom. The lowest BCUT2D eigenvalue weighted by atomic mass is 10.0. The molecule has 1 amide bonds. The Balaban J connectivity index is 2.04. The summed E-state index contributed by atoms with van der Waals surface area (Å²) < 4.78 is 13.2. The molecule has 0 bridgehead atoms. The molecule has 0 fully saturated rings. The van der Waals surface area contributed by atoms with Crippen molar-refractivity contribution in [3.63, 3.8) is 0 Å². The van der Waals surface area contributed by atoms with Gasteiger partial charge in [-0.2, -0.15) is 11.3 Å². The number of rotatable bonds is 2. The van der Waals surface area contributed by atoms with E-state index in [1.807, 2.05) is 0 Å². The highest BCUT2D eigenvalue weighted by Crippen LogP contribution is 2.32. The quantitative estimate of drug-likeness (QED) is 0.675. The molecule has 3 rings (SSSR count). The minimum absolute atomic E-state index is 0.200. The van der Waals surface area contributed by atoms with Crippen molar-refractivity contribution in [2.45, 2.75) is 0 Å². The number of hydrogen-bond acceptors (Lipinski definition) is 3. The number of thiophene rings is 1. The second-order valence-corrected chi connectivity index (χ2v) is 4.86. The smallest absolute Gasteiger partial charge is 0.256 e. The molecule has 1 N–H and O–H groups in total. The van der Waals surface area contributed by atoms with Gasteiger partial charge in [-0.25, -0.2) is 4.39 Å². The Morgan fingerprint density at radius 3 is 2.89 bits per heavy atom. The number of halogens is 1. The van der Waals surface area contributed by atoms with Gasteiger partial charge in [0.25, 0.3) is 5.91 Å².